The Hall–Kier alpha value is -2.38. The number of nitrogens with zero attached hydrogens (tertiary/aromatic N) is 2. The molecule has 1 unspecified atom stereocenters. The van der Waals surface area contributed by atoms with Crippen molar-refractivity contribution in [1.29, 1.82) is 0 Å². The molecule has 1 heterocycles. The molecule has 0 radical (unpaired) electrons. The standard InChI is InChI=1S/C23H34N2O5/c1-8-19-14-25(12-11-24(19)15-22(27)29-30-28-17(4)26)21-10-9-18(16(2)3)13-20(21)23(5,6)7/h9-10,13,19H,2,8,11-12,14-15H2,1,3-7H3. The Morgan fingerprint density at radius 1 is 1.17 bits per heavy atom. The quantitative estimate of drug-likeness (QED) is 0.492. The number of carbonyl (C=O) groups excluding carboxylic acids is 2. The van der Waals surface area contributed by atoms with E-state index in [0.717, 1.165) is 37.6 Å². The van der Waals surface area contributed by atoms with Gasteiger partial charge in [0, 0.05) is 43.3 Å². The van der Waals surface area contributed by atoms with Crippen LogP contribution in [0.3, 0.4) is 0 Å². The maximum absolute atomic E-state index is 12.0. The highest BCUT2D eigenvalue weighted by Crippen LogP contribution is 2.35. The molecule has 1 saturated heterocycles. The molecule has 1 atom stereocenters. The lowest BCUT2D eigenvalue weighted by molar-refractivity contribution is -0.458. The van der Waals surface area contributed by atoms with Gasteiger partial charge in [0.25, 0.3) is 0 Å². The Balaban J connectivity index is 2.12. The highest BCUT2D eigenvalue weighted by atomic mass is 17.5. The fourth-order valence-electron chi connectivity index (χ4n) is 3.68. The third-order valence-electron chi connectivity index (χ3n) is 5.32. The number of anilines is 1. The molecule has 0 aliphatic carbocycles. The van der Waals surface area contributed by atoms with E-state index >= 15 is 0 Å². The predicted molar refractivity (Wildman–Crippen MR) is 117 cm³/mol. The van der Waals surface area contributed by atoms with Gasteiger partial charge in [-0.15, -0.1) is 0 Å². The molecule has 0 saturated carbocycles. The first kappa shape index (κ1) is 23.9. The van der Waals surface area contributed by atoms with Crippen LogP contribution in [-0.2, 0) is 29.8 Å². The minimum Gasteiger partial charge on any atom is -0.368 e. The van der Waals surface area contributed by atoms with Crippen molar-refractivity contribution in [2.24, 2.45) is 0 Å². The largest absolute Gasteiger partial charge is 0.368 e. The summed E-state index contributed by atoms with van der Waals surface area (Å²) in [5, 5.41) is 4.20. The van der Waals surface area contributed by atoms with E-state index in [9.17, 15) is 9.59 Å². The average Bonchev–Trinajstić information content (AvgIpc) is 2.66. The van der Waals surface area contributed by atoms with Gasteiger partial charge in [0.2, 0.25) is 0 Å². The summed E-state index contributed by atoms with van der Waals surface area (Å²) in [5.74, 6) is -1.28. The van der Waals surface area contributed by atoms with Gasteiger partial charge in [0.1, 0.15) is 6.54 Å². The van der Waals surface area contributed by atoms with E-state index < -0.39 is 11.9 Å². The van der Waals surface area contributed by atoms with E-state index in [2.05, 4.69) is 77.1 Å². The first-order valence-electron chi connectivity index (χ1n) is 10.4. The predicted octanol–water partition coefficient (Wildman–Crippen LogP) is 3.87. The molecular formula is C23H34N2O5. The molecule has 30 heavy (non-hydrogen) atoms. The maximum atomic E-state index is 12.0. The van der Waals surface area contributed by atoms with Crippen molar-refractivity contribution in [1.82, 2.24) is 4.90 Å². The Labute approximate surface area is 179 Å². The third-order valence-corrected chi connectivity index (χ3v) is 5.32. The minimum absolute atomic E-state index is 0.00248. The molecule has 0 spiro atoms. The van der Waals surface area contributed by atoms with Crippen LogP contribution in [0.1, 0.15) is 59.1 Å². The van der Waals surface area contributed by atoms with Crippen molar-refractivity contribution >= 4 is 23.2 Å². The van der Waals surface area contributed by atoms with E-state index in [1.165, 1.54) is 11.3 Å². The van der Waals surface area contributed by atoms with Crippen LogP contribution in [0.2, 0.25) is 0 Å². The maximum Gasteiger partial charge on any atom is 0.360 e. The lowest BCUT2D eigenvalue weighted by Gasteiger charge is -2.43. The van der Waals surface area contributed by atoms with Gasteiger partial charge < -0.3 is 4.90 Å². The van der Waals surface area contributed by atoms with Crippen molar-refractivity contribution in [3.05, 3.63) is 35.9 Å². The van der Waals surface area contributed by atoms with Crippen molar-refractivity contribution in [2.45, 2.75) is 59.4 Å². The van der Waals surface area contributed by atoms with Crippen molar-refractivity contribution in [2.75, 3.05) is 31.1 Å². The molecule has 1 aliphatic rings. The van der Waals surface area contributed by atoms with Crippen LogP contribution in [0, 0.1) is 0 Å². The monoisotopic (exact) mass is 418 g/mol. The summed E-state index contributed by atoms with van der Waals surface area (Å²) in [4.78, 5) is 35.8. The summed E-state index contributed by atoms with van der Waals surface area (Å²) in [6.45, 7) is 18.4. The summed E-state index contributed by atoms with van der Waals surface area (Å²) in [7, 11) is 0. The van der Waals surface area contributed by atoms with E-state index in [-0.39, 0.29) is 18.0 Å². The highest BCUT2D eigenvalue weighted by molar-refractivity contribution is 5.71. The Morgan fingerprint density at radius 3 is 2.43 bits per heavy atom. The Bertz CT molecular complexity index is 784. The second-order valence-electron chi connectivity index (χ2n) is 8.84. The molecule has 2 rings (SSSR count). The topological polar surface area (TPSA) is 68.3 Å². The fraction of sp³-hybridized carbons (Fsp3) is 0.565. The molecule has 0 bridgehead atoms. The molecule has 1 aliphatic heterocycles. The zero-order chi connectivity index (χ0) is 22.5. The first-order chi connectivity index (χ1) is 14.0. The van der Waals surface area contributed by atoms with Gasteiger partial charge in [-0.3, -0.25) is 14.7 Å². The lowest BCUT2D eigenvalue weighted by atomic mass is 9.83. The van der Waals surface area contributed by atoms with Crippen LogP contribution in [-0.4, -0.2) is 49.1 Å². The summed E-state index contributed by atoms with van der Waals surface area (Å²) in [6, 6.07) is 6.75. The number of rotatable bonds is 7. The smallest absolute Gasteiger partial charge is 0.360 e. The molecule has 166 valence electrons. The first-order valence-corrected chi connectivity index (χ1v) is 10.4. The van der Waals surface area contributed by atoms with Gasteiger partial charge >= 0.3 is 11.9 Å². The molecule has 0 aromatic heterocycles. The van der Waals surface area contributed by atoms with Crippen molar-refractivity contribution in [3.8, 4) is 0 Å². The molecule has 7 nitrogen and oxygen atoms in total. The highest BCUT2D eigenvalue weighted by Gasteiger charge is 2.30. The second kappa shape index (κ2) is 10.1. The van der Waals surface area contributed by atoms with Gasteiger partial charge in [-0.05, 0) is 42.0 Å². The summed E-state index contributed by atoms with van der Waals surface area (Å²) in [5.41, 5.74) is 4.73. The molecule has 0 amide bonds. The van der Waals surface area contributed by atoms with Crippen LogP contribution >= 0.6 is 0 Å². The second-order valence-corrected chi connectivity index (χ2v) is 8.84. The number of hydrogen-bond acceptors (Lipinski definition) is 7. The van der Waals surface area contributed by atoms with E-state index in [1.54, 1.807) is 0 Å². The van der Waals surface area contributed by atoms with E-state index in [4.69, 9.17) is 0 Å². The van der Waals surface area contributed by atoms with Crippen molar-refractivity contribution < 1.29 is 24.4 Å². The van der Waals surface area contributed by atoms with E-state index in [1.807, 2.05) is 6.92 Å². The fourth-order valence-corrected chi connectivity index (χ4v) is 3.68. The number of carbonyl (C=O) groups is 2. The summed E-state index contributed by atoms with van der Waals surface area (Å²) >= 11 is 0. The van der Waals surface area contributed by atoms with Gasteiger partial charge in [-0.25, -0.2) is 9.59 Å². The van der Waals surface area contributed by atoms with Gasteiger partial charge in [-0.1, -0.05) is 45.9 Å². The number of allylic oxidation sites excluding steroid dienone is 1. The van der Waals surface area contributed by atoms with Gasteiger partial charge in [0.05, 0.1) is 0 Å². The average molecular weight is 419 g/mol. The normalized spacial score (nSPS) is 17.5. The van der Waals surface area contributed by atoms with E-state index in [0.29, 0.717) is 6.54 Å². The molecule has 7 heteroatoms. The zero-order valence-corrected chi connectivity index (χ0v) is 19.0. The molecular weight excluding hydrogens is 384 g/mol. The molecule has 1 aromatic rings. The van der Waals surface area contributed by atoms with Crippen LogP contribution in [0.4, 0.5) is 5.69 Å². The molecule has 1 fully saturated rings. The third kappa shape index (κ3) is 6.31. The lowest BCUT2D eigenvalue weighted by Crippen LogP contribution is -2.54. The SMILES string of the molecule is C=C(C)c1ccc(N2CCN(CC(=O)OOOC(C)=O)C(CC)C2)c(C(C)(C)C)c1. The zero-order valence-electron chi connectivity index (χ0n) is 19.0. The van der Waals surface area contributed by atoms with Crippen LogP contribution in [0.25, 0.3) is 5.57 Å². The van der Waals surface area contributed by atoms with Gasteiger partial charge in [-0.2, -0.15) is 0 Å². The van der Waals surface area contributed by atoms with Gasteiger partial charge in [0.15, 0.2) is 0 Å². The van der Waals surface area contributed by atoms with Crippen LogP contribution < -0.4 is 4.90 Å². The summed E-state index contributed by atoms with van der Waals surface area (Å²) < 4.78 is 0. The molecule has 0 N–H and O–H groups in total. The minimum atomic E-state index is -0.685. The van der Waals surface area contributed by atoms with Crippen LogP contribution in [0.15, 0.2) is 24.8 Å². The number of benzene rings is 1. The van der Waals surface area contributed by atoms with Crippen LogP contribution in [0.5, 0.6) is 0 Å². The number of piperazine rings is 1. The molecule has 1 aromatic carbocycles. The summed E-state index contributed by atoms with van der Waals surface area (Å²) in [6.07, 6.45) is 0.892. The Morgan fingerprint density at radius 2 is 1.87 bits per heavy atom. The number of hydrogen-bond donors (Lipinski definition) is 0. The van der Waals surface area contributed by atoms with Crippen molar-refractivity contribution in [3.63, 3.8) is 0 Å². The Kier molecular flexibility index (Phi) is 8.03.